The van der Waals surface area contributed by atoms with Crippen molar-refractivity contribution in [1.82, 2.24) is 9.62 Å². The number of nitrogens with zero attached hydrogens (tertiary/aromatic N) is 1. The second-order valence-corrected chi connectivity index (χ2v) is 11.6. The Labute approximate surface area is 166 Å². The number of hydrogen-bond donors (Lipinski definition) is 1. The molecule has 1 aromatic carbocycles. The molecule has 1 aliphatic rings. The summed E-state index contributed by atoms with van der Waals surface area (Å²) in [5.74, 6) is -0.165. The molecule has 10 heteroatoms. The zero-order valence-electron chi connectivity index (χ0n) is 15.4. The number of likely N-dealkylation sites (tertiary alicyclic amines) is 1. The predicted molar refractivity (Wildman–Crippen MR) is 105 cm³/mol. The normalized spacial score (nSPS) is 16.7. The Morgan fingerprint density at radius 1 is 1.22 bits per heavy atom. The summed E-state index contributed by atoms with van der Waals surface area (Å²) in [4.78, 5) is 13.8. The number of piperidine rings is 1. The van der Waals surface area contributed by atoms with Gasteiger partial charge in [-0.05, 0) is 37.0 Å². The molecule has 1 amide bonds. The molecular weight excluding hydrogens is 412 g/mol. The van der Waals surface area contributed by atoms with E-state index in [4.69, 9.17) is 11.6 Å². The minimum Gasteiger partial charge on any atom is -0.341 e. The minimum atomic E-state index is -3.84. The maximum atomic E-state index is 12.3. The third-order valence-corrected chi connectivity index (χ3v) is 8.64. The number of hydrogen-bond acceptors (Lipinski definition) is 5. The fourth-order valence-corrected chi connectivity index (χ4v) is 6.46. The molecule has 1 N–H and O–H groups in total. The van der Waals surface area contributed by atoms with Crippen molar-refractivity contribution in [3.8, 4) is 0 Å². The molecule has 1 fully saturated rings. The first-order valence-electron chi connectivity index (χ1n) is 8.76. The lowest BCUT2D eigenvalue weighted by Crippen LogP contribution is -2.46. The molecule has 0 unspecified atom stereocenters. The molecular formula is C17H25ClN2O5S2. The number of carbonyl (C=O) groups excluding carboxylic acids is 1. The van der Waals surface area contributed by atoms with Crippen molar-refractivity contribution in [2.24, 2.45) is 5.92 Å². The maximum absolute atomic E-state index is 12.3. The van der Waals surface area contributed by atoms with Crippen LogP contribution in [0, 0.1) is 5.92 Å². The lowest BCUT2D eigenvalue weighted by molar-refractivity contribution is -0.130. The van der Waals surface area contributed by atoms with E-state index in [-0.39, 0.29) is 34.0 Å². The van der Waals surface area contributed by atoms with E-state index >= 15 is 0 Å². The summed E-state index contributed by atoms with van der Waals surface area (Å²) in [5, 5.41) is -0.152. The zero-order valence-corrected chi connectivity index (χ0v) is 17.8. The Morgan fingerprint density at radius 3 is 2.41 bits per heavy atom. The molecule has 0 bridgehead atoms. The van der Waals surface area contributed by atoms with Gasteiger partial charge in [-0.15, -0.1) is 0 Å². The summed E-state index contributed by atoms with van der Waals surface area (Å²) in [5.41, 5.74) is 0. The van der Waals surface area contributed by atoms with Crippen LogP contribution in [-0.4, -0.2) is 58.3 Å². The number of benzene rings is 1. The van der Waals surface area contributed by atoms with E-state index < -0.39 is 25.1 Å². The Bertz CT molecular complexity index is 876. The lowest BCUT2D eigenvalue weighted by atomic mass is 10.1. The van der Waals surface area contributed by atoms with Crippen LogP contribution in [0.3, 0.4) is 0 Å². The molecule has 1 heterocycles. The topological polar surface area (TPSA) is 101 Å². The standard InChI is InChI=1S/C17H25ClN2O5S2/c1-13(2)12-26(22,23)15-6-8-20(9-7-15)17(21)11-19-27(24,25)16-5-3-4-14(18)10-16/h3-5,10,13,15,19H,6-9,11-12H2,1-2H3. The van der Waals surface area contributed by atoms with Crippen LogP contribution in [0.5, 0.6) is 0 Å². The van der Waals surface area contributed by atoms with E-state index in [2.05, 4.69) is 4.72 Å². The summed E-state index contributed by atoms with van der Waals surface area (Å²) in [6, 6.07) is 5.77. The van der Waals surface area contributed by atoms with Gasteiger partial charge in [0.25, 0.3) is 0 Å². The van der Waals surface area contributed by atoms with E-state index in [9.17, 15) is 21.6 Å². The molecule has 0 radical (unpaired) electrons. The zero-order chi connectivity index (χ0) is 20.2. The highest BCUT2D eigenvalue weighted by atomic mass is 35.5. The van der Waals surface area contributed by atoms with Crippen LogP contribution in [0.15, 0.2) is 29.2 Å². The molecule has 0 saturated carbocycles. The molecule has 1 aliphatic heterocycles. The van der Waals surface area contributed by atoms with Gasteiger partial charge < -0.3 is 4.90 Å². The quantitative estimate of drug-likeness (QED) is 0.700. The van der Waals surface area contributed by atoms with E-state index in [1.165, 1.54) is 23.1 Å². The van der Waals surface area contributed by atoms with Crippen molar-refractivity contribution in [2.45, 2.75) is 36.8 Å². The monoisotopic (exact) mass is 436 g/mol. The molecule has 2 rings (SSSR count). The van der Waals surface area contributed by atoms with E-state index in [1.54, 1.807) is 6.07 Å². The Kier molecular flexibility index (Phi) is 7.29. The van der Waals surface area contributed by atoms with E-state index in [1.807, 2.05) is 13.8 Å². The van der Waals surface area contributed by atoms with Crippen LogP contribution < -0.4 is 4.72 Å². The first kappa shape index (κ1) is 22.1. The summed E-state index contributed by atoms with van der Waals surface area (Å²) < 4.78 is 51.4. The van der Waals surface area contributed by atoms with Gasteiger partial charge in [0.2, 0.25) is 15.9 Å². The second kappa shape index (κ2) is 8.89. The van der Waals surface area contributed by atoms with Crippen molar-refractivity contribution in [3.63, 3.8) is 0 Å². The number of carbonyl (C=O) groups is 1. The van der Waals surface area contributed by atoms with E-state index in [0.717, 1.165) is 0 Å². The van der Waals surface area contributed by atoms with Crippen molar-refractivity contribution in [1.29, 1.82) is 0 Å². The number of nitrogens with one attached hydrogen (secondary N) is 1. The van der Waals surface area contributed by atoms with Crippen LogP contribution >= 0.6 is 11.6 Å². The first-order chi connectivity index (χ1) is 12.5. The van der Waals surface area contributed by atoms with Crippen molar-refractivity contribution in [2.75, 3.05) is 25.4 Å². The summed E-state index contributed by atoms with van der Waals surface area (Å²) in [7, 11) is -7.01. The van der Waals surface area contributed by atoms with E-state index in [0.29, 0.717) is 25.9 Å². The molecule has 0 aliphatic carbocycles. The third-order valence-electron chi connectivity index (χ3n) is 4.39. The number of halogens is 1. The Balaban J connectivity index is 1.89. The largest absolute Gasteiger partial charge is 0.341 e. The van der Waals surface area contributed by atoms with Crippen LogP contribution in [0.4, 0.5) is 0 Å². The SMILES string of the molecule is CC(C)CS(=O)(=O)C1CCN(C(=O)CNS(=O)(=O)c2cccc(Cl)c2)CC1. The Hall–Kier alpha value is -1.16. The molecule has 7 nitrogen and oxygen atoms in total. The van der Waals surface area contributed by atoms with Crippen LogP contribution in [0.2, 0.25) is 5.02 Å². The smallest absolute Gasteiger partial charge is 0.241 e. The Morgan fingerprint density at radius 2 is 1.85 bits per heavy atom. The molecule has 1 saturated heterocycles. The van der Waals surface area contributed by atoms with Crippen LogP contribution in [-0.2, 0) is 24.7 Å². The highest BCUT2D eigenvalue weighted by molar-refractivity contribution is 7.92. The summed E-state index contributed by atoms with van der Waals surface area (Å²) >= 11 is 5.80. The number of amides is 1. The summed E-state index contributed by atoms with van der Waals surface area (Å²) in [6.07, 6.45) is 0.754. The van der Waals surface area contributed by atoms with Gasteiger partial charge in [0.05, 0.1) is 22.4 Å². The fraction of sp³-hybridized carbons (Fsp3) is 0.588. The predicted octanol–water partition coefficient (Wildman–Crippen LogP) is 1.68. The number of sulfone groups is 1. The molecule has 27 heavy (non-hydrogen) atoms. The van der Waals surface area contributed by atoms with Gasteiger partial charge in [-0.25, -0.2) is 21.6 Å². The third kappa shape index (κ3) is 6.17. The molecule has 1 aromatic rings. The van der Waals surface area contributed by atoms with Crippen molar-refractivity contribution >= 4 is 37.4 Å². The average molecular weight is 437 g/mol. The number of sulfonamides is 1. The first-order valence-corrected chi connectivity index (χ1v) is 12.3. The van der Waals surface area contributed by atoms with Gasteiger partial charge in [0.15, 0.2) is 9.84 Å². The average Bonchev–Trinajstić information content (AvgIpc) is 2.59. The van der Waals surface area contributed by atoms with Crippen molar-refractivity contribution in [3.05, 3.63) is 29.3 Å². The summed E-state index contributed by atoms with van der Waals surface area (Å²) in [6.45, 7) is 3.96. The van der Waals surface area contributed by atoms with Gasteiger partial charge in [0, 0.05) is 18.1 Å². The van der Waals surface area contributed by atoms with Crippen LogP contribution in [0.1, 0.15) is 26.7 Å². The van der Waals surface area contributed by atoms with Crippen molar-refractivity contribution < 1.29 is 21.6 Å². The van der Waals surface area contributed by atoms with Gasteiger partial charge in [-0.3, -0.25) is 4.79 Å². The molecule has 0 aromatic heterocycles. The molecule has 152 valence electrons. The van der Waals surface area contributed by atoms with Gasteiger partial charge >= 0.3 is 0 Å². The lowest BCUT2D eigenvalue weighted by Gasteiger charge is -2.32. The van der Waals surface area contributed by atoms with Gasteiger partial charge in [-0.1, -0.05) is 31.5 Å². The second-order valence-electron chi connectivity index (χ2n) is 7.09. The maximum Gasteiger partial charge on any atom is 0.241 e. The molecule has 0 spiro atoms. The highest BCUT2D eigenvalue weighted by Crippen LogP contribution is 2.20. The van der Waals surface area contributed by atoms with Gasteiger partial charge in [0.1, 0.15) is 0 Å². The molecule has 0 atom stereocenters. The number of rotatable bonds is 7. The van der Waals surface area contributed by atoms with Gasteiger partial charge in [-0.2, -0.15) is 0 Å². The van der Waals surface area contributed by atoms with Crippen LogP contribution in [0.25, 0.3) is 0 Å². The fourth-order valence-electron chi connectivity index (χ4n) is 3.05. The highest BCUT2D eigenvalue weighted by Gasteiger charge is 2.32. The minimum absolute atomic E-state index is 0.0127.